The quantitative estimate of drug-likeness (QED) is 0.428. The molecule has 3 aromatic carbocycles. The number of hydrogen-bond donors (Lipinski definition) is 0. The van der Waals surface area contributed by atoms with Gasteiger partial charge in [-0.3, -0.25) is 19.8 Å². The van der Waals surface area contributed by atoms with Crippen molar-refractivity contribution >= 4 is 28.1 Å². The van der Waals surface area contributed by atoms with E-state index in [2.05, 4.69) is 52.3 Å². The molecule has 34 heavy (non-hydrogen) atoms. The van der Waals surface area contributed by atoms with Crippen molar-refractivity contribution in [2.24, 2.45) is 0 Å². The Hall–Kier alpha value is -3.49. The maximum atomic E-state index is 13.5. The van der Waals surface area contributed by atoms with Gasteiger partial charge in [0.05, 0.1) is 29.4 Å². The van der Waals surface area contributed by atoms with E-state index in [1.807, 2.05) is 4.90 Å². The van der Waals surface area contributed by atoms with Gasteiger partial charge in [0.1, 0.15) is 0 Å². The molecule has 8 heteroatoms. The van der Waals surface area contributed by atoms with Crippen molar-refractivity contribution in [3.8, 4) is 0 Å². The Morgan fingerprint density at radius 3 is 2.41 bits per heavy atom. The van der Waals surface area contributed by atoms with Crippen molar-refractivity contribution in [3.05, 3.63) is 81.9 Å². The molecular weight excluding hydrogens is 432 g/mol. The lowest BCUT2D eigenvalue weighted by molar-refractivity contribution is -0.384. The Bertz CT molecular complexity index is 1200. The average Bonchev–Trinajstić information content (AvgIpc) is 2.89. The number of anilines is 1. The van der Waals surface area contributed by atoms with Crippen LogP contribution in [0.5, 0.6) is 0 Å². The molecule has 0 radical (unpaired) electrons. The number of benzene rings is 3. The summed E-state index contributed by atoms with van der Waals surface area (Å²) in [5.74, 6) is -0.144. The molecular formula is C26H28N4O4. The molecule has 0 atom stereocenters. The first-order chi connectivity index (χ1) is 16.6. The monoisotopic (exact) mass is 460 g/mol. The zero-order chi connectivity index (χ0) is 23.5. The molecule has 8 nitrogen and oxygen atoms in total. The van der Waals surface area contributed by atoms with Crippen molar-refractivity contribution in [2.45, 2.75) is 6.54 Å². The summed E-state index contributed by atoms with van der Waals surface area (Å²) in [6, 6.07) is 19.4. The highest BCUT2D eigenvalue weighted by Gasteiger charge is 2.28. The number of fused-ring (bicyclic) bond motifs is 1. The maximum Gasteiger partial charge on any atom is 0.270 e. The summed E-state index contributed by atoms with van der Waals surface area (Å²) in [7, 11) is 0. The van der Waals surface area contributed by atoms with Gasteiger partial charge in [-0.25, -0.2) is 0 Å². The minimum absolute atomic E-state index is 0.0602. The number of nitro groups is 1. The third kappa shape index (κ3) is 4.60. The highest BCUT2D eigenvalue weighted by atomic mass is 16.6. The highest BCUT2D eigenvalue weighted by molar-refractivity contribution is 6.00. The van der Waals surface area contributed by atoms with Gasteiger partial charge in [0.15, 0.2) is 0 Å². The van der Waals surface area contributed by atoms with Crippen LogP contribution >= 0.6 is 0 Å². The number of amides is 1. The van der Waals surface area contributed by atoms with Gasteiger partial charge in [0, 0.05) is 57.9 Å². The fourth-order valence-electron chi connectivity index (χ4n) is 4.84. The van der Waals surface area contributed by atoms with E-state index in [9.17, 15) is 14.9 Å². The van der Waals surface area contributed by atoms with E-state index in [4.69, 9.17) is 4.74 Å². The van der Waals surface area contributed by atoms with Gasteiger partial charge >= 0.3 is 0 Å². The number of nitro benzene ring substituents is 1. The molecule has 2 aliphatic heterocycles. The van der Waals surface area contributed by atoms with E-state index in [0.717, 1.165) is 25.3 Å². The molecule has 0 unspecified atom stereocenters. The van der Waals surface area contributed by atoms with Crippen molar-refractivity contribution < 1.29 is 14.5 Å². The number of non-ortho nitro benzene ring substituents is 1. The van der Waals surface area contributed by atoms with Gasteiger partial charge in [-0.15, -0.1) is 0 Å². The molecule has 5 rings (SSSR count). The van der Waals surface area contributed by atoms with Crippen LogP contribution in [-0.2, 0) is 11.3 Å². The number of carbonyl (C=O) groups excluding carboxylic acids is 1. The van der Waals surface area contributed by atoms with E-state index >= 15 is 0 Å². The number of morpholine rings is 1. The van der Waals surface area contributed by atoms with Crippen LogP contribution in [0.25, 0.3) is 10.8 Å². The van der Waals surface area contributed by atoms with Gasteiger partial charge < -0.3 is 14.5 Å². The van der Waals surface area contributed by atoms with Crippen LogP contribution < -0.4 is 4.90 Å². The molecule has 2 fully saturated rings. The normalized spacial score (nSPS) is 17.2. The number of carbonyl (C=O) groups is 1. The van der Waals surface area contributed by atoms with Crippen molar-refractivity contribution in [2.75, 3.05) is 57.4 Å². The van der Waals surface area contributed by atoms with Crippen LogP contribution in [0.2, 0.25) is 0 Å². The van der Waals surface area contributed by atoms with Crippen LogP contribution in [0.15, 0.2) is 60.7 Å². The summed E-state index contributed by atoms with van der Waals surface area (Å²) in [6.45, 7) is 6.03. The zero-order valence-electron chi connectivity index (χ0n) is 19.1. The van der Waals surface area contributed by atoms with Crippen LogP contribution in [0.3, 0.4) is 0 Å². The second-order valence-electron chi connectivity index (χ2n) is 8.76. The van der Waals surface area contributed by atoms with E-state index in [0.29, 0.717) is 45.0 Å². The number of piperazine rings is 1. The van der Waals surface area contributed by atoms with Crippen molar-refractivity contribution in [3.63, 3.8) is 0 Å². The minimum atomic E-state index is -0.442. The predicted molar refractivity (Wildman–Crippen MR) is 131 cm³/mol. The van der Waals surface area contributed by atoms with Gasteiger partial charge in [-0.1, -0.05) is 42.5 Å². The summed E-state index contributed by atoms with van der Waals surface area (Å²) in [5.41, 5.74) is 2.37. The Kier molecular flexibility index (Phi) is 6.42. The standard InChI is InChI=1S/C26H28N4O4/c31-26(24-18-22(30(32)33)8-9-25(24)28-14-16-34-17-15-28)29-12-10-27(11-13-29)19-21-6-3-5-20-4-1-2-7-23(20)21/h1-9,18H,10-17,19H2. The van der Waals surface area contributed by atoms with E-state index in [1.54, 1.807) is 6.07 Å². The molecule has 0 aromatic heterocycles. The highest BCUT2D eigenvalue weighted by Crippen LogP contribution is 2.28. The van der Waals surface area contributed by atoms with Gasteiger partial charge in [-0.2, -0.15) is 0 Å². The van der Waals surface area contributed by atoms with Crippen LogP contribution in [0, 0.1) is 10.1 Å². The molecule has 2 aliphatic rings. The summed E-state index contributed by atoms with van der Waals surface area (Å²) in [5, 5.41) is 13.9. The van der Waals surface area contributed by atoms with E-state index in [-0.39, 0.29) is 11.6 Å². The molecule has 0 N–H and O–H groups in total. The van der Waals surface area contributed by atoms with Crippen molar-refractivity contribution in [1.29, 1.82) is 0 Å². The maximum absolute atomic E-state index is 13.5. The molecule has 2 saturated heterocycles. The first kappa shape index (κ1) is 22.3. The van der Waals surface area contributed by atoms with Crippen LogP contribution in [0.4, 0.5) is 11.4 Å². The summed E-state index contributed by atoms with van der Waals surface area (Å²) >= 11 is 0. The summed E-state index contributed by atoms with van der Waals surface area (Å²) in [4.78, 5) is 30.7. The number of ether oxygens (including phenoxy) is 1. The van der Waals surface area contributed by atoms with Gasteiger partial charge in [0.2, 0.25) is 0 Å². The summed E-state index contributed by atoms with van der Waals surface area (Å²) in [6.07, 6.45) is 0. The molecule has 3 aromatic rings. The predicted octanol–water partition coefficient (Wildman–Crippen LogP) is 3.54. The number of nitrogens with zero attached hydrogens (tertiary/aromatic N) is 4. The molecule has 1 amide bonds. The minimum Gasteiger partial charge on any atom is -0.378 e. The van der Waals surface area contributed by atoms with Crippen LogP contribution in [0.1, 0.15) is 15.9 Å². The Balaban J connectivity index is 1.30. The first-order valence-electron chi connectivity index (χ1n) is 11.7. The second-order valence-corrected chi connectivity index (χ2v) is 8.76. The van der Waals surface area contributed by atoms with Gasteiger partial charge in [-0.05, 0) is 22.4 Å². The molecule has 0 spiro atoms. The first-order valence-corrected chi connectivity index (χ1v) is 11.7. The lowest BCUT2D eigenvalue weighted by Gasteiger charge is -2.36. The van der Waals surface area contributed by atoms with E-state index < -0.39 is 4.92 Å². The third-order valence-corrected chi connectivity index (χ3v) is 6.71. The van der Waals surface area contributed by atoms with Crippen molar-refractivity contribution in [1.82, 2.24) is 9.80 Å². The molecule has 2 heterocycles. The lowest BCUT2D eigenvalue weighted by Crippen LogP contribution is -2.48. The SMILES string of the molecule is O=C(c1cc([N+](=O)[O-])ccc1N1CCOCC1)N1CCN(Cc2cccc3ccccc23)CC1. The third-order valence-electron chi connectivity index (χ3n) is 6.71. The fourth-order valence-corrected chi connectivity index (χ4v) is 4.84. The fraction of sp³-hybridized carbons (Fsp3) is 0.346. The molecule has 0 aliphatic carbocycles. The van der Waals surface area contributed by atoms with E-state index in [1.165, 1.54) is 28.5 Å². The summed E-state index contributed by atoms with van der Waals surface area (Å²) < 4.78 is 5.44. The molecule has 0 saturated carbocycles. The largest absolute Gasteiger partial charge is 0.378 e. The second kappa shape index (κ2) is 9.79. The molecule has 176 valence electrons. The Morgan fingerprint density at radius 2 is 1.65 bits per heavy atom. The molecule has 0 bridgehead atoms. The number of hydrogen-bond acceptors (Lipinski definition) is 6. The lowest BCUT2D eigenvalue weighted by atomic mass is 10.0. The number of rotatable bonds is 5. The van der Waals surface area contributed by atoms with Crippen LogP contribution in [-0.4, -0.2) is 73.1 Å². The van der Waals surface area contributed by atoms with Gasteiger partial charge in [0.25, 0.3) is 11.6 Å². The Labute approximate surface area is 198 Å². The zero-order valence-corrected chi connectivity index (χ0v) is 19.1. The Morgan fingerprint density at radius 1 is 0.912 bits per heavy atom. The topological polar surface area (TPSA) is 79.2 Å². The average molecular weight is 461 g/mol. The smallest absolute Gasteiger partial charge is 0.270 e.